The lowest BCUT2D eigenvalue weighted by Gasteiger charge is -2.38. The highest BCUT2D eigenvalue weighted by Gasteiger charge is 2.31. The van der Waals surface area contributed by atoms with Gasteiger partial charge < -0.3 is 4.74 Å². The van der Waals surface area contributed by atoms with Gasteiger partial charge in [0.1, 0.15) is 11.6 Å². The van der Waals surface area contributed by atoms with Gasteiger partial charge in [0, 0.05) is 6.42 Å². The number of unbranched alkanes of at least 4 members (excludes halogenated alkanes) is 2. The van der Waals surface area contributed by atoms with E-state index in [1.807, 2.05) is 0 Å². The van der Waals surface area contributed by atoms with Gasteiger partial charge in [0.2, 0.25) is 0 Å². The van der Waals surface area contributed by atoms with Crippen molar-refractivity contribution in [1.29, 1.82) is 0 Å². The first-order valence-electron chi connectivity index (χ1n) is 12.1. The minimum Gasteiger partial charge on any atom is -0.427 e. The molecule has 2 saturated carbocycles. The summed E-state index contributed by atoms with van der Waals surface area (Å²) >= 11 is 0. The van der Waals surface area contributed by atoms with Crippen molar-refractivity contribution < 1.29 is 13.9 Å². The van der Waals surface area contributed by atoms with E-state index in [1.54, 1.807) is 0 Å². The van der Waals surface area contributed by atoms with Crippen LogP contribution in [0.3, 0.4) is 0 Å². The van der Waals surface area contributed by atoms with Crippen LogP contribution in [-0.4, -0.2) is 5.97 Å². The number of carbonyl (C=O) groups excluding carboxylic acids is 1. The van der Waals surface area contributed by atoms with Gasteiger partial charge in [-0.05, 0) is 73.6 Å². The molecule has 0 aromatic heterocycles. The van der Waals surface area contributed by atoms with E-state index >= 15 is 0 Å². The Labute approximate surface area is 176 Å². The first kappa shape index (κ1) is 22.3. The van der Waals surface area contributed by atoms with Gasteiger partial charge in [-0.1, -0.05) is 64.7 Å². The van der Waals surface area contributed by atoms with E-state index in [4.69, 9.17) is 4.74 Å². The summed E-state index contributed by atoms with van der Waals surface area (Å²) < 4.78 is 18.3. The minimum atomic E-state index is -0.312. The van der Waals surface area contributed by atoms with Crippen molar-refractivity contribution in [3.8, 4) is 5.75 Å². The van der Waals surface area contributed by atoms with Gasteiger partial charge in [0.25, 0.3) is 0 Å². The second-order valence-corrected chi connectivity index (χ2v) is 9.54. The van der Waals surface area contributed by atoms with Gasteiger partial charge in [0.05, 0.1) is 0 Å². The topological polar surface area (TPSA) is 26.3 Å². The highest BCUT2D eigenvalue weighted by molar-refractivity contribution is 5.72. The number of hydrogen-bond acceptors (Lipinski definition) is 2. The second kappa shape index (κ2) is 11.7. The molecule has 3 heteroatoms. The molecule has 0 spiro atoms. The number of halogens is 1. The van der Waals surface area contributed by atoms with Crippen LogP contribution in [0, 0.1) is 29.5 Å². The average Bonchev–Trinajstić information content (AvgIpc) is 2.75. The molecule has 2 nitrogen and oxygen atoms in total. The molecule has 0 saturated heterocycles. The standard InChI is InChI=1S/C26H39FO2/c1-2-3-4-6-20-9-12-22(13-10-20)23-8-5-7-21(19-23)11-18-26(28)29-25-16-14-24(27)15-17-25/h14-17,20-23H,2-13,18-19H2,1H3/t20?,21?,22?,23-/m0/s1. The van der Waals surface area contributed by atoms with Crippen molar-refractivity contribution in [2.75, 3.05) is 0 Å². The molecule has 0 heterocycles. The zero-order chi connectivity index (χ0) is 20.5. The summed E-state index contributed by atoms with van der Waals surface area (Å²) in [6.45, 7) is 2.29. The molecule has 1 aromatic carbocycles. The Balaban J connectivity index is 1.36. The average molecular weight is 403 g/mol. The van der Waals surface area contributed by atoms with Crippen LogP contribution in [0.1, 0.15) is 96.8 Å². The number of rotatable bonds is 9. The highest BCUT2D eigenvalue weighted by Crippen LogP contribution is 2.43. The highest BCUT2D eigenvalue weighted by atomic mass is 19.1. The number of ether oxygens (including phenoxy) is 1. The number of benzene rings is 1. The van der Waals surface area contributed by atoms with Gasteiger partial charge in [-0.25, -0.2) is 4.39 Å². The quantitative estimate of drug-likeness (QED) is 0.240. The molecule has 29 heavy (non-hydrogen) atoms. The number of carbonyl (C=O) groups is 1. The molecule has 2 atom stereocenters. The maximum absolute atomic E-state index is 13.0. The summed E-state index contributed by atoms with van der Waals surface area (Å²) in [5, 5.41) is 0. The van der Waals surface area contributed by atoms with E-state index < -0.39 is 0 Å². The summed E-state index contributed by atoms with van der Waals surface area (Å²) in [5.41, 5.74) is 0. The molecule has 2 aliphatic carbocycles. The van der Waals surface area contributed by atoms with Crippen molar-refractivity contribution >= 4 is 5.97 Å². The van der Waals surface area contributed by atoms with Crippen molar-refractivity contribution in [1.82, 2.24) is 0 Å². The molecular weight excluding hydrogens is 363 g/mol. The molecule has 0 bridgehead atoms. The molecule has 2 fully saturated rings. The number of hydrogen-bond donors (Lipinski definition) is 0. The molecule has 0 aliphatic heterocycles. The molecule has 3 rings (SSSR count). The van der Waals surface area contributed by atoms with Crippen LogP contribution in [0.5, 0.6) is 5.75 Å². The van der Waals surface area contributed by atoms with Gasteiger partial charge >= 0.3 is 5.97 Å². The lowest BCUT2D eigenvalue weighted by molar-refractivity contribution is -0.134. The van der Waals surface area contributed by atoms with Gasteiger partial charge in [0.15, 0.2) is 0 Å². The minimum absolute atomic E-state index is 0.189. The molecule has 0 amide bonds. The first-order chi connectivity index (χ1) is 14.1. The van der Waals surface area contributed by atoms with E-state index in [-0.39, 0.29) is 11.8 Å². The predicted octanol–water partition coefficient (Wildman–Crippen LogP) is 7.70. The first-order valence-corrected chi connectivity index (χ1v) is 12.1. The van der Waals surface area contributed by atoms with Crippen molar-refractivity contribution in [2.24, 2.45) is 23.7 Å². The van der Waals surface area contributed by atoms with Crippen molar-refractivity contribution in [2.45, 2.75) is 96.8 Å². The van der Waals surface area contributed by atoms with Crippen LogP contribution < -0.4 is 4.74 Å². The molecule has 1 aromatic rings. The van der Waals surface area contributed by atoms with Crippen LogP contribution in [0.2, 0.25) is 0 Å². The normalized spacial score (nSPS) is 27.5. The van der Waals surface area contributed by atoms with Crippen LogP contribution in [0.15, 0.2) is 24.3 Å². The third kappa shape index (κ3) is 7.42. The summed E-state index contributed by atoms with van der Waals surface area (Å²) in [4.78, 5) is 12.2. The maximum atomic E-state index is 13.0. The van der Waals surface area contributed by atoms with E-state index in [9.17, 15) is 9.18 Å². The molecule has 162 valence electrons. The Morgan fingerprint density at radius 3 is 2.41 bits per heavy atom. The summed E-state index contributed by atoms with van der Waals surface area (Å²) in [6, 6.07) is 5.69. The SMILES string of the molecule is CCCCCC1CCC([C@H]2CCCC(CCC(=O)Oc3ccc(F)cc3)C2)CC1. The van der Waals surface area contributed by atoms with E-state index in [1.165, 1.54) is 101 Å². The Kier molecular flexibility index (Phi) is 9.01. The third-order valence-electron chi connectivity index (χ3n) is 7.40. The summed E-state index contributed by atoms with van der Waals surface area (Å²) in [5.74, 6) is 3.38. The molecular formula is C26H39FO2. The summed E-state index contributed by atoms with van der Waals surface area (Å²) in [7, 11) is 0. The van der Waals surface area contributed by atoms with Crippen LogP contribution >= 0.6 is 0 Å². The van der Waals surface area contributed by atoms with E-state index in [2.05, 4.69) is 6.92 Å². The second-order valence-electron chi connectivity index (χ2n) is 9.54. The lowest BCUT2D eigenvalue weighted by atomic mass is 9.67. The Hall–Kier alpha value is -1.38. The van der Waals surface area contributed by atoms with Gasteiger partial charge in [-0.3, -0.25) is 4.79 Å². The Morgan fingerprint density at radius 2 is 1.69 bits per heavy atom. The molecule has 2 aliphatic rings. The Morgan fingerprint density at radius 1 is 0.931 bits per heavy atom. The predicted molar refractivity (Wildman–Crippen MR) is 116 cm³/mol. The largest absolute Gasteiger partial charge is 0.427 e. The van der Waals surface area contributed by atoms with Crippen LogP contribution in [-0.2, 0) is 4.79 Å². The van der Waals surface area contributed by atoms with Crippen molar-refractivity contribution in [3.63, 3.8) is 0 Å². The molecule has 0 radical (unpaired) electrons. The lowest BCUT2D eigenvalue weighted by Crippen LogP contribution is -2.27. The smallest absolute Gasteiger partial charge is 0.311 e. The third-order valence-corrected chi connectivity index (χ3v) is 7.40. The molecule has 0 N–H and O–H groups in total. The number of esters is 1. The monoisotopic (exact) mass is 402 g/mol. The summed E-state index contributed by atoms with van der Waals surface area (Å²) in [6.07, 6.45) is 18.0. The Bertz CT molecular complexity index is 604. The van der Waals surface area contributed by atoms with E-state index in [0.717, 1.165) is 24.2 Å². The van der Waals surface area contributed by atoms with Crippen molar-refractivity contribution in [3.05, 3.63) is 30.1 Å². The fraction of sp³-hybridized carbons (Fsp3) is 0.731. The zero-order valence-corrected chi connectivity index (χ0v) is 18.2. The van der Waals surface area contributed by atoms with Gasteiger partial charge in [-0.2, -0.15) is 0 Å². The van der Waals surface area contributed by atoms with E-state index in [0.29, 0.717) is 18.1 Å². The van der Waals surface area contributed by atoms with Gasteiger partial charge in [-0.15, -0.1) is 0 Å². The fourth-order valence-corrected chi connectivity index (χ4v) is 5.66. The zero-order valence-electron chi connectivity index (χ0n) is 18.2. The molecule has 1 unspecified atom stereocenters. The van der Waals surface area contributed by atoms with Crippen LogP contribution in [0.25, 0.3) is 0 Å². The fourth-order valence-electron chi connectivity index (χ4n) is 5.66. The van der Waals surface area contributed by atoms with Crippen LogP contribution in [0.4, 0.5) is 4.39 Å². The maximum Gasteiger partial charge on any atom is 0.311 e.